The fourth-order valence-electron chi connectivity index (χ4n) is 0. The van der Waals surface area contributed by atoms with Gasteiger partial charge < -0.3 is 50.9 Å². The summed E-state index contributed by atoms with van der Waals surface area (Å²) in [4.78, 5) is 0. The third-order valence-corrected chi connectivity index (χ3v) is 0. The van der Waals surface area contributed by atoms with Crippen molar-refractivity contribution in [3.8, 4) is 0 Å². The first-order valence-corrected chi connectivity index (χ1v) is 0. The molecule has 0 fully saturated rings. The fourth-order valence-corrected chi connectivity index (χ4v) is 0. The predicted molar refractivity (Wildman–Crippen MR) is 5.75 cm³/mol. The Hall–Kier alpha value is 3.36. The van der Waals surface area contributed by atoms with Crippen LogP contribution < -0.4 is 80.5 Å². The Labute approximate surface area is 106 Å². The molecular formula is Br3NaPb. The van der Waals surface area contributed by atoms with Crippen LogP contribution in [0.25, 0.3) is 0 Å². The zero-order chi connectivity index (χ0) is 0. The van der Waals surface area contributed by atoms with Crippen LogP contribution in [-0.2, 0) is 0 Å². The average molecular weight is 470 g/mol. The van der Waals surface area contributed by atoms with Crippen LogP contribution in [0.3, 0.4) is 0 Å². The second-order valence-corrected chi connectivity index (χ2v) is 0. The summed E-state index contributed by atoms with van der Waals surface area (Å²) in [6, 6.07) is 0. The molecule has 0 rings (SSSR count). The molecule has 0 N–H and O–H groups in total. The molecule has 0 aliphatic rings. The van der Waals surface area contributed by atoms with Crippen LogP contribution in [0, 0.1) is 0 Å². The van der Waals surface area contributed by atoms with Crippen LogP contribution in [0.4, 0.5) is 0 Å². The zero-order valence-corrected chi connectivity index (χ0v) is 13.3. The van der Waals surface area contributed by atoms with Crippen molar-refractivity contribution in [3.05, 3.63) is 0 Å². The maximum atomic E-state index is 0. The summed E-state index contributed by atoms with van der Waals surface area (Å²) in [7, 11) is 0. The first-order chi connectivity index (χ1) is 0. The molecule has 0 aliphatic heterocycles. The third kappa shape index (κ3) is 18.7. The number of hydrogen-bond acceptors (Lipinski definition) is 0. The molecule has 0 saturated carbocycles. The third-order valence-electron chi connectivity index (χ3n) is 0. The van der Waals surface area contributed by atoms with Crippen molar-refractivity contribution < 1.29 is 80.5 Å². The molecule has 0 aromatic carbocycles. The Morgan fingerprint density at radius 2 is 0.600 bits per heavy atom. The molecule has 26 valence electrons. The van der Waals surface area contributed by atoms with E-state index in [2.05, 4.69) is 0 Å². The summed E-state index contributed by atoms with van der Waals surface area (Å²) in [6.45, 7) is 0. The maximum Gasteiger partial charge on any atom is 2.00 e. The van der Waals surface area contributed by atoms with Crippen LogP contribution in [0.2, 0.25) is 0 Å². The fraction of sp³-hybridized carbons (Fsp3) is 0. The van der Waals surface area contributed by atoms with Gasteiger partial charge >= 0.3 is 56.9 Å². The minimum Gasteiger partial charge on any atom is -1.00 e. The van der Waals surface area contributed by atoms with Crippen molar-refractivity contribution in [1.29, 1.82) is 0 Å². The van der Waals surface area contributed by atoms with Gasteiger partial charge in [0.05, 0.1) is 0 Å². The van der Waals surface area contributed by atoms with Gasteiger partial charge in [-0.1, -0.05) is 0 Å². The van der Waals surface area contributed by atoms with E-state index in [4.69, 9.17) is 0 Å². The van der Waals surface area contributed by atoms with E-state index in [1.807, 2.05) is 0 Å². The minimum atomic E-state index is 0. The van der Waals surface area contributed by atoms with Crippen LogP contribution in [-0.4, -0.2) is 27.3 Å². The summed E-state index contributed by atoms with van der Waals surface area (Å²) in [5.41, 5.74) is 0. The van der Waals surface area contributed by atoms with Crippen molar-refractivity contribution in [1.82, 2.24) is 0 Å². The van der Waals surface area contributed by atoms with Crippen molar-refractivity contribution in [3.63, 3.8) is 0 Å². The van der Waals surface area contributed by atoms with E-state index in [0.717, 1.165) is 0 Å². The molecule has 0 amide bonds. The van der Waals surface area contributed by atoms with Gasteiger partial charge in [0.25, 0.3) is 0 Å². The molecule has 0 aliphatic carbocycles. The van der Waals surface area contributed by atoms with E-state index < -0.39 is 0 Å². The first kappa shape index (κ1) is 40.1. The Balaban J connectivity index is 0. The van der Waals surface area contributed by atoms with Crippen LogP contribution >= 0.6 is 0 Å². The summed E-state index contributed by atoms with van der Waals surface area (Å²) in [6.07, 6.45) is 0. The van der Waals surface area contributed by atoms with Crippen molar-refractivity contribution in [2.24, 2.45) is 0 Å². The molecule has 0 aromatic heterocycles. The summed E-state index contributed by atoms with van der Waals surface area (Å²) < 4.78 is 0. The molecule has 0 spiro atoms. The normalized spacial score (nSPS) is 0. The van der Waals surface area contributed by atoms with Crippen molar-refractivity contribution in [2.75, 3.05) is 0 Å². The topological polar surface area (TPSA) is 0 Å². The van der Waals surface area contributed by atoms with E-state index in [9.17, 15) is 0 Å². The van der Waals surface area contributed by atoms with Gasteiger partial charge in [-0.25, -0.2) is 0 Å². The molecule has 0 nitrogen and oxygen atoms in total. The van der Waals surface area contributed by atoms with Crippen LogP contribution in [0.1, 0.15) is 0 Å². The Kier molecular flexibility index (Phi) is 211. The molecule has 2 radical (unpaired) electrons. The van der Waals surface area contributed by atoms with Gasteiger partial charge in [0.2, 0.25) is 0 Å². The maximum absolute atomic E-state index is 0. The number of hydrogen-bond donors (Lipinski definition) is 0. The summed E-state index contributed by atoms with van der Waals surface area (Å²) >= 11 is 0. The van der Waals surface area contributed by atoms with Crippen LogP contribution in [0.15, 0.2) is 0 Å². The van der Waals surface area contributed by atoms with E-state index in [-0.39, 0.29) is 108 Å². The molecule has 0 atom stereocenters. The standard InChI is InChI=1S/3BrH.Na.Pb/h3*1H;;/q;;;+1;+2/p-3. The second kappa shape index (κ2) is 26.4. The van der Waals surface area contributed by atoms with Gasteiger partial charge in [-0.3, -0.25) is 0 Å². The smallest absolute Gasteiger partial charge is 1.00 e. The molecule has 5 heavy (non-hydrogen) atoms. The SMILES string of the molecule is [Br-].[Br-].[Br-].[Na+].[Pb+2]. The van der Waals surface area contributed by atoms with E-state index in [1.54, 1.807) is 0 Å². The molecule has 0 unspecified atom stereocenters. The van der Waals surface area contributed by atoms with Gasteiger partial charge in [-0.15, -0.1) is 0 Å². The largest absolute Gasteiger partial charge is 2.00 e. The Bertz CT molecular complexity index is 6.85. The van der Waals surface area contributed by atoms with Crippen molar-refractivity contribution in [2.45, 2.75) is 0 Å². The quantitative estimate of drug-likeness (QED) is 0.309. The van der Waals surface area contributed by atoms with Gasteiger partial charge in [0, 0.05) is 0 Å². The Morgan fingerprint density at radius 3 is 0.600 bits per heavy atom. The van der Waals surface area contributed by atoms with Crippen LogP contribution in [0.5, 0.6) is 0 Å². The molecule has 0 aromatic rings. The molecule has 0 saturated heterocycles. The zero-order valence-electron chi connectivity index (χ0n) is 2.63. The van der Waals surface area contributed by atoms with E-state index in [0.29, 0.717) is 0 Å². The number of halogens is 3. The van der Waals surface area contributed by atoms with E-state index in [1.165, 1.54) is 0 Å². The Morgan fingerprint density at radius 1 is 0.600 bits per heavy atom. The summed E-state index contributed by atoms with van der Waals surface area (Å²) in [5, 5.41) is 0. The van der Waals surface area contributed by atoms with Crippen molar-refractivity contribution >= 4 is 27.3 Å². The average Bonchev–Trinajstić information content (AvgIpc) is 0. The van der Waals surface area contributed by atoms with Gasteiger partial charge in [-0.05, 0) is 0 Å². The molecule has 0 bridgehead atoms. The predicted octanol–water partition coefficient (Wildman–Crippen LogP) is -12.4. The molecule has 0 heterocycles. The first-order valence-electron chi connectivity index (χ1n) is 0. The molecule has 5 heteroatoms. The minimum absolute atomic E-state index is 0. The summed E-state index contributed by atoms with van der Waals surface area (Å²) in [5.74, 6) is 0. The van der Waals surface area contributed by atoms with Gasteiger partial charge in [0.1, 0.15) is 0 Å². The van der Waals surface area contributed by atoms with E-state index >= 15 is 0 Å². The molecular weight excluding hydrogens is 470 g/mol. The second-order valence-electron chi connectivity index (χ2n) is 0. The van der Waals surface area contributed by atoms with Gasteiger partial charge in [0.15, 0.2) is 0 Å². The number of rotatable bonds is 0. The van der Waals surface area contributed by atoms with Gasteiger partial charge in [-0.2, -0.15) is 0 Å². The monoisotopic (exact) mass is 468 g/mol.